The van der Waals surface area contributed by atoms with Crippen LogP contribution in [0, 0.1) is 17.3 Å². The van der Waals surface area contributed by atoms with Crippen LogP contribution in [0.3, 0.4) is 0 Å². The second-order valence-corrected chi connectivity index (χ2v) is 6.90. The van der Waals surface area contributed by atoms with Crippen LogP contribution in [0.15, 0.2) is 21.7 Å². The SMILES string of the molecule is CC(C)[C@]12CCC[C@H]1[C@@H]1C=C[C@@H]2n2c(=O)n(C)c(=O)n21. The van der Waals surface area contributed by atoms with Crippen LogP contribution >= 0.6 is 0 Å². The van der Waals surface area contributed by atoms with Gasteiger partial charge in [0, 0.05) is 12.5 Å². The molecule has 0 amide bonds. The molecule has 0 aromatic carbocycles. The molecular weight excluding hydrogens is 254 g/mol. The lowest BCUT2D eigenvalue weighted by Crippen LogP contribution is -2.55. The third-order valence-corrected chi connectivity index (χ3v) is 6.09. The standard InChI is InChI=1S/C15H21N3O2/c1-9(2)15-8-4-5-10(15)11-6-7-12(15)18-14(20)16(3)13(19)17(11)18/h6-7,9-12H,4-5,8H2,1-3H3/t10-,11-,12-,15+/m0/s1. The number of rotatable bonds is 1. The fourth-order valence-corrected chi connectivity index (χ4v) is 5.19. The lowest BCUT2D eigenvalue weighted by atomic mass is 9.59. The van der Waals surface area contributed by atoms with Gasteiger partial charge < -0.3 is 0 Å². The van der Waals surface area contributed by atoms with Gasteiger partial charge in [0.05, 0.1) is 12.1 Å². The van der Waals surface area contributed by atoms with E-state index >= 15 is 0 Å². The van der Waals surface area contributed by atoms with E-state index in [2.05, 4.69) is 26.0 Å². The molecule has 20 heavy (non-hydrogen) atoms. The fraction of sp³-hybridized carbons (Fsp3) is 0.733. The summed E-state index contributed by atoms with van der Waals surface area (Å²) in [4.78, 5) is 24.8. The molecule has 1 aromatic rings. The zero-order valence-electron chi connectivity index (χ0n) is 12.2. The van der Waals surface area contributed by atoms with Crippen LogP contribution in [-0.4, -0.2) is 13.9 Å². The monoisotopic (exact) mass is 275 g/mol. The molecule has 4 aliphatic rings. The van der Waals surface area contributed by atoms with Crippen LogP contribution in [0.5, 0.6) is 0 Å². The highest BCUT2D eigenvalue weighted by molar-refractivity contribution is 5.21. The van der Waals surface area contributed by atoms with E-state index in [0.717, 1.165) is 6.42 Å². The summed E-state index contributed by atoms with van der Waals surface area (Å²) in [5.41, 5.74) is -0.185. The summed E-state index contributed by atoms with van der Waals surface area (Å²) < 4.78 is 4.69. The van der Waals surface area contributed by atoms with Crippen LogP contribution in [0.4, 0.5) is 0 Å². The molecule has 2 bridgehead atoms. The molecule has 5 rings (SSSR count). The summed E-state index contributed by atoms with van der Waals surface area (Å²) in [6.07, 6.45) is 7.86. The van der Waals surface area contributed by atoms with E-state index < -0.39 is 0 Å². The van der Waals surface area contributed by atoms with Crippen molar-refractivity contribution >= 4 is 0 Å². The van der Waals surface area contributed by atoms with Crippen LogP contribution in [0.25, 0.3) is 0 Å². The number of aromatic nitrogens is 3. The highest BCUT2D eigenvalue weighted by Crippen LogP contribution is 2.63. The molecule has 0 radical (unpaired) electrons. The van der Waals surface area contributed by atoms with Crippen molar-refractivity contribution in [1.82, 2.24) is 13.9 Å². The Hall–Kier alpha value is -1.52. The molecule has 0 saturated heterocycles. The van der Waals surface area contributed by atoms with Gasteiger partial charge in [-0.3, -0.25) is 0 Å². The average molecular weight is 275 g/mol. The van der Waals surface area contributed by atoms with Gasteiger partial charge in [0.25, 0.3) is 0 Å². The third kappa shape index (κ3) is 1.08. The molecule has 2 aliphatic carbocycles. The Kier molecular flexibility index (Phi) is 2.18. The smallest absolute Gasteiger partial charge is 0.246 e. The molecule has 2 aliphatic heterocycles. The molecule has 1 aromatic heterocycles. The molecule has 0 unspecified atom stereocenters. The van der Waals surface area contributed by atoms with Crippen molar-refractivity contribution in [2.24, 2.45) is 24.3 Å². The zero-order chi connectivity index (χ0) is 14.2. The van der Waals surface area contributed by atoms with Gasteiger partial charge in [-0.05, 0) is 24.7 Å². The van der Waals surface area contributed by atoms with Gasteiger partial charge >= 0.3 is 11.4 Å². The third-order valence-electron chi connectivity index (χ3n) is 6.09. The normalized spacial score (nSPS) is 37.5. The predicted molar refractivity (Wildman–Crippen MR) is 75.8 cm³/mol. The van der Waals surface area contributed by atoms with Gasteiger partial charge in [-0.1, -0.05) is 32.4 Å². The van der Waals surface area contributed by atoms with E-state index in [0.29, 0.717) is 11.8 Å². The number of hydrogen-bond acceptors (Lipinski definition) is 2. The van der Waals surface area contributed by atoms with E-state index in [1.54, 1.807) is 16.4 Å². The van der Waals surface area contributed by atoms with Crippen LogP contribution < -0.4 is 11.4 Å². The van der Waals surface area contributed by atoms with Crippen molar-refractivity contribution in [3.63, 3.8) is 0 Å². The first-order valence-corrected chi connectivity index (χ1v) is 7.58. The quantitative estimate of drug-likeness (QED) is 0.728. The first-order chi connectivity index (χ1) is 9.50. The van der Waals surface area contributed by atoms with Crippen molar-refractivity contribution in [1.29, 1.82) is 0 Å². The zero-order valence-corrected chi connectivity index (χ0v) is 12.2. The van der Waals surface area contributed by atoms with E-state index in [1.807, 2.05) is 0 Å². The van der Waals surface area contributed by atoms with Crippen LogP contribution in [0.2, 0.25) is 0 Å². The van der Waals surface area contributed by atoms with Gasteiger partial charge in [-0.2, -0.15) is 0 Å². The summed E-state index contributed by atoms with van der Waals surface area (Å²) in [7, 11) is 1.58. The molecule has 0 spiro atoms. The number of allylic oxidation sites excluding steroid dienone is 2. The largest absolute Gasteiger partial charge is 0.347 e. The maximum Gasteiger partial charge on any atom is 0.347 e. The van der Waals surface area contributed by atoms with Gasteiger partial charge in [0.15, 0.2) is 0 Å². The Morgan fingerprint density at radius 1 is 1.20 bits per heavy atom. The summed E-state index contributed by atoms with van der Waals surface area (Å²) in [5.74, 6) is 1.01. The lowest BCUT2D eigenvalue weighted by Gasteiger charge is -2.54. The van der Waals surface area contributed by atoms with E-state index in [9.17, 15) is 9.59 Å². The van der Waals surface area contributed by atoms with Crippen molar-refractivity contribution < 1.29 is 0 Å². The predicted octanol–water partition coefficient (Wildman–Crippen LogP) is 1.46. The molecule has 5 nitrogen and oxygen atoms in total. The molecular formula is C15H21N3O2. The highest BCUT2D eigenvalue weighted by atomic mass is 16.2. The van der Waals surface area contributed by atoms with Gasteiger partial charge in [-0.15, -0.1) is 0 Å². The Morgan fingerprint density at radius 3 is 2.60 bits per heavy atom. The summed E-state index contributed by atoms with van der Waals surface area (Å²) in [5, 5.41) is 0. The van der Waals surface area contributed by atoms with Crippen LogP contribution in [0.1, 0.15) is 45.2 Å². The summed E-state index contributed by atoms with van der Waals surface area (Å²) in [6, 6.07) is 0.104. The molecule has 1 fully saturated rings. The maximum atomic E-state index is 12.4. The lowest BCUT2D eigenvalue weighted by molar-refractivity contribution is -0.0189. The highest BCUT2D eigenvalue weighted by Gasteiger charge is 2.59. The Bertz CT molecular complexity index is 720. The molecule has 0 N–H and O–H groups in total. The number of nitrogens with zero attached hydrogens (tertiary/aromatic N) is 3. The first kappa shape index (κ1) is 12.2. The van der Waals surface area contributed by atoms with Crippen molar-refractivity contribution in [2.75, 3.05) is 0 Å². The topological polar surface area (TPSA) is 48.9 Å². The molecule has 3 heterocycles. The minimum atomic E-state index is -0.168. The molecule has 1 saturated carbocycles. The molecule has 5 heteroatoms. The fourth-order valence-electron chi connectivity index (χ4n) is 5.19. The Labute approximate surface area is 117 Å². The molecule has 4 atom stereocenters. The van der Waals surface area contributed by atoms with Gasteiger partial charge in [0.1, 0.15) is 0 Å². The Morgan fingerprint density at radius 2 is 1.90 bits per heavy atom. The van der Waals surface area contributed by atoms with E-state index in [4.69, 9.17) is 0 Å². The number of hydrogen-bond donors (Lipinski definition) is 0. The van der Waals surface area contributed by atoms with E-state index in [-0.39, 0.29) is 28.9 Å². The summed E-state index contributed by atoms with van der Waals surface area (Å²) in [6.45, 7) is 4.53. The summed E-state index contributed by atoms with van der Waals surface area (Å²) >= 11 is 0. The average Bonchev–Trinajstić information content (AvgIpc) is 2.99. The second-order valence-electron chi connectivity index (χ2n) is 6.90. The van der Waals surface area contributed by atoms with Gasteiger partial charge in [-0.25, -0.2) is 23.5 Å². The minimum absolute atomic E-state index is 0.0430. The van der Waals surface area contributed by atoms with E-state index in [1.165, 1.54) is 17.4 Å². The van der Waals surface area contributed by atoms with Crippen molar-refractivity contribution in [3.8, 4) is 0 Å². The Balaban J connectivity index is 2.06. The van der Waals surface area contributed by atoms with Crippen molar-refractivity contribution in [2.45, 2.75) is 45.2 Å². The van der Waals surface area contributed by atoms with Crippen LogP contribution in [-0.2, 0) is 7.05 Å². The van der Waals surface area contributed by atoms with Crippen molar-refractivity contribution in [3.05, 3.63) is 33.1 Å². The minimum Gasteiger partial charge on any atom is -0.246 e. The molecule has 108 valence electrons. The first-order valence-electron chi connectivity index (χ1n) is 7.58. The maximum absolute atomic E-state index is 12.4. The van der Waals surface area contributed by atoms with Gasteiger partial charge in [0.2, 0.25) is 0 Å². The second kappa shape index (κ2) is 3.57.